The summed E-state index contributed by atoms with van der Waals surface area (Å²) < 4.78 is 27.3. The van der Waals surface area contributed by atoms with Crippen LogP contribution >= 0.6 is 0 Å². The van der Waals surface area contributed by atoms with Crippen molar-refractivity contribution >= 4 is 15.9 Å². The van der Waals surface area contributed by atoms with Crippen molar-refractivity contribution in [3.05, 3.63) is 54.1 Å². The molecule has 1 heterocycles. The molecule has 1 aliphatic heterocycles. The number of benzene rings is 2. The normalized spacial score (nSPS) is 23.3. The molecule has 2 aliphatic rings. The van der Waals surface area contributed by atoms with Crippen molar-refractivity contribution in [2.24, 2.45) is 11.8 Å². The molecule has 2 fully saturated rings. The third-order valence-corrected chi connectivity index (χ3v) is 6.70. The second kappa shape index (κ2) is 8.81. The van der Waals surface area contributed by atoms with Crippen LogP contribution in [-0.2, 0) is 21.3 Å². The van der Waals surface area contributed by atoms with Crippen LogP contribution < -0.4 is 9.50 Å². The Morgan fingerprint density at radius 3 is 2.29 bits per heavy atom. The molecule has 1 saturated heterocycles. The molecule has 2 aromatic rings. The van der Waals surface area contributed by atoms with Gasteiger partial charge in [-0.2, -0.15) is 13.7 Å². The van der Waals surface area contributed by atoms with Crippen molar-refractivity contribution in [2.75, 3.05) is 6.26 Å². The van der Waals surface area contributed by atoms with Gasteiger partial charge in [-0.3, -0.25) is 4.79 Å². The average Bonchev–Trinajstić information content (AvgIpc) is 3.37. The molecule has 2 aromatic carbocycles. The lowest BCUT2D eigenvalue weighted by Crippen LogP contribution is -2.42. The smallest absolute Gasteiger partial charge is 0.306 e. The molecule has 6 nitrogen and oxygen atoms in total. The highest BCUT2D eigenvalue weighted by molar-refractivity contribution is 7.86. The highest BCUT2D eigenvalue weighted by Gasteiger charge is 2.42. The third kappa shape index (κ3) is 5.33. The van der Waals surface area contributed by atoms with E-state index in [1.165, 1.54) is 0 Å². The molecule has 162 valence electrons. The SMILES string of the molecule is CS(=O)(=O)Oc1ccc(-c2ccc(C[C@@H](C#N)CC(=O)[C@H]3N[C@@H]4CC[C@H]3C4)cc2)cc1. The fourth-order valence-electron chi connectivity index (χ4n) is 4.75. The van der Waals surface area contributed by atoms with Gasteiger partial charge in [0.05, 0.1) is 24.3 Å². The molecule has 0 spiro atoms. The second-order valence-corrected chi connectivity index (χ2v) is 10.2. The first-order valence-electron chi connectivity index (χ1n) is 10.6. The lowest BCUT2D eigenvalue weighted by atomic mass is 9.88. The van der Waals surface area contributed by atoms with Crippen molar-refractivity contribution in [1.29, 1.82) is 5.26 Å². The minimum atomic E-state index is -3.55. The quantitative estimate of drug-likeness (QED) is 0.634. The molecule has 1 N–H and O–H groups in total. The Morgan fingerprint density at radius 2 is 1.77 bits per heavy atom. The van der Waals surface area contributed by atoms with Gasteiger partial charge in [0.2, 0.25) is 0 Å². The van der Waals surface area contributed by atoms with E-state index in [2.05, 4.69) is 11.4 Å². The maximum atomic E-state index is 12.7. The van der Waals surface area contributed by atoms with E-state index < -0.39 is 10.1 Å². The van der Waals surface area contributed by atoms with Crippen LogP contribution in [-0.4, -0.2) is 32.5 Å². The van der Waals surface area contributed by atoms with Crippen molar-refractivity contribution in [2.45, 2.75) is 44.2 Å². The molecule has 0 radical (unpaired) electrons. The molecule has 1 aliphatic carbocycles. The van der Waals surface area contributed by atoms with Crippen molar-refractivity contribution in [3.63, 3.8) is 0 Å². The number of nitrogens with zero attached hydrogens (tertiary/aromatic N) is 1. The predicted molar refractivity (Wildman–Crippen MR) is 118 cm³/mol. The van der Waals surface area contributed by atoms with E-state index in [0.717, 1.165) is 42.2 Å². The standard InChI is InChI=1S/C24H26N2O4S/c1-31(28,29)30-22-10-7-19(8-11-22)18-4-2-16(3-5-18)12-17(15-25)13-23(27)24-20-6-9-21(14-20)26-24/h2-5,7-8,10-11,17,20-21,24,26H,6,9,12-14H2,1H3/t17-,20+,21-,24+/m1/s1. The maximum absolute atomic E-state index is 12.7. The molecule has 2 bridgehead atoms. The number of piperidine rings is 1. The molecule has 0 amide bonds. The molecule has 31 heavy (non-hydrogen) atoms. The molecule has 0 unspecified atom stereocenters. The van der Waals surface area contributed by atoms with E-state index >= 15 is 0 Å². The van der Waals surface area contributed by atoms with Gasteiger partial charge >= 0.3 is 10.1 Å². The van der Waals surface area contributed by atoms with Crippen LogP contribution in [0.25, 0.3) is 11.1 Å². The summed E-state index contributed by atoms with van der Waals surface area (Å²) in [7, 11) is -3.55. The number of fused-ring (bicyclic) bond motifs is 2. The molecule has 0 aromatic heterocycles. The number of carbonyl (C=O) groups is 1. The van der Waals surface area contributed by atoms with Crippen molar-refractivity contribution < 1.29 is 17.4 Å². The Balaban J connectivity index is 1.36. The van der Waals surface area contributed by atoms with Gasteiger partial charge in [-0.15, -0.1) is 0 Å². The number of ketones is 1. The summed E-state index contributed by atoms with van der Waals surface area (Å²) in [6.45, 7) is 0. The number of nitriles is 1. The minimum absolute atomic E-state index is 0.0633. The first kappa shape index (κ1) is 21.5. The Bertz CT molecular complexity index is 1090. The van der Waals surface area contributed by atoms with E-state index in [4.69, 9.17) is 4.18 Å². The lowest BCUT2D eigenvalue weighted by molar-refractivity contribution is -0.122. The minimum Gasteiger partial charge on any atom is -0.383 e. The highest BCUT2D eigenvalue weighted by Crippen LogP contribution is 2.36. The van der Waals surface area contributed by atoms with Gasteiger partial charge in [-0.25, -0.2) is 0 Å². The predicted octanol–water partition coefficient (Wildman–Crippen LogP) is 3.47. The monoisotopic (exact) mass is 438 g/mol. The third-order valence-electron chi connectivity index (χ3n) is 6.21. The Hall–Kier alpha value is -2.69. The number of hydrogen-bond donors (Lipinski definition) is 1. The van der Waals surface area contributed by atoms with E-state index in [0.29, 0.717) is 24.8 Å². The number of Topliss-reactive ketones (excluding diaryl/α,β-unsaturated/α-hetero) is 1. The zero-order valence-electron chi connectivity index (χ0n) is 17.5. The molecular formula is C24H26N2O4S. The Kier molecular flexibility index (Phi) is 6.12. The summed E-state index contributed by atoms with van der Waals surface area (Å²) in [6, 6.07) is 17.4. The molecular weight excluding hydrogens is 412 g/mol. The Labute approximate surface area is 183 Å². The van der Waals surface area contributed by atoms with Gasteiger partial charge < -0.3 is 9.50 Å². The fraction of sp³-hybridized carbons (Fsp3) is 0.417. The van der Waals surface area contributed by atoms with Crippen LogP contribution in [0.4, 0.5) is 0 Å². The van der Waals surface area contributed by atoms with E-state index in [1.54, 1.807) is 24.3 Å². The van der Waals surface area contributed by atoms with Gasteiger partial charge in [0.1, 0.15) is 5.75 Å². The van der Waals surface area contributed by atoms with Gasteiger partial charge in [-0.05, 0) is 60.4 Å². The van der Waals surface area contributed by atoms with Crippen LogP contribution in [0.15, 0.2) is 48.5 Å². The number of carbonyl (C=O) groups excluding carboxylic acids is 1. The fourth-order valence-corrected chi connectivity index (χ4v) is 5.21. The van der Waals surface area contributed by atoms with E-state index in [1.807, 2.05) is 24.3 Å². The zero-order chi connectivity index (χ0) is 22.0. The molecule has 7 heteroatoms. The summed E-state index contributed by atoms with van der Waals surface area (Å²) in [5, 5.41) is 13.0. The van der Waals surface area contributed by atoms with Crippen LogP contribution in [0, 0.1) is 23.2 Å². The van der Waals surface area contributed by atoms with Crippen molar-refractivity contribution in [1.82, 2.24) is 5.32 Å². The first-order chi connectivity index (χ1) is 14.8. The average molecular weight is 439 g/mol. The Morgan fingerprint density at radius 1 is 1.13 bits per heavy atom. The number of rotatable bonds is 8. The summed E-state index contributed by atoms with van der Waals surface area (Å²) >= 11 is 0. The van der Waals surface area contributed by atoms with Crippen LogP contribution in [0.5, 0.6) is 5.75 Å². The van der Waals surface area contributed by atoms with Gasteiger partial charge in [-0.1, -0.05) is 36.4 Å². The molecule has 4 rings (SSSR count). The summed E-state index contributed by atoms with van der Waals surface area (Å²) in [5.74, 6) is 0.568. The van der Waals surface area contributed by atoms with E-state index in [9.17, 15) is 18.5 Å². The van der Waals surface area contributed by atoms with Crippen molar-refractivity contribution in [3.8, 4) is 22.9 Å². The largest absolute Gasteiger partial charge is 0.383 e. The summed E-state index contributed by atoms with van der Waals surface area (Å²) in [6.07, 6.45) is 5.22. The van der Waals surface area contributed by atoms with Gasteiger partial charge in [0.25, 0.3) is 0 Å². The maximum Gasteiger partial charge on any atom is 0.306 e. The van der Waals surface area contributed by atoms with Gasteiger partial charge in [0, 0.05) is 12.5 Å². The second-order valence-electron chi connectivity index (χ2n) is 8.62. The van der Waals surface area contributed by atoms with Crippen LogP contribution in [0.1, 0.15) is 31.2 Å². The first-order valence-corrected chi connectivity index (χ1v) is 12.4. The van der Waals surface area contributed by atoms with Crippen LogP contribution in [0.3, 0.4) is 0 Å². The molecule has 4 atom stereocenters. The summed E-state index contributed by atoms with van der Waals surface area (Å²) in [4.78, 5) is 12.7. The van der Waals surface area contributed by atoms with Crippen LogP contribution in [0.2, 0.25) is 0 Å². The topological polar surface area (TPSA) is 96.3 Å². The van der Waals surface area contributed by atoms with Gasteiger partial charge in [0.15, 0.2) is 5.78 Å². The lowest BCUT2D eigenvalue weighted by Gasteiger charge is -2.22. The zero-order valence-corrected chi connectivity index (χ0v) is 18.3. The van der Waals surface area contributed by atoms with E-state index in [-0.39, 0.29) is 23.5 Å². The number of hydrogen-bond acceptors (Lipinski definition) is 6. The highest BCUT2D eigenvalue weighted by atomic mass is 32.2. The summed E-state index contributed by atoms with van der Waals surface area (Å²) in [5.41, 5.74) is 2.92. The number of nitrogens with one attached hydrogen (secondary N) is 1. The molecule has 1 saturated carbocycles.